The van der Waals surface area contributed by atoms with Crippen LogP contribution in [0.5, 0.6) is 0 Å². The molecule has 1 aliphatic heterocycles. The van der Waals surface area contributed by atoms with Gasteiger partial charge >= 0.3 is 6.09 Å². The maximum atomic E-state index is 12.7. The molecule has 27 heavy (non-hydrogen) atoms. The van der Waals surface area contributed by atoms with Crippen LogP contribution in [0.4, 0.5) is 4.79 Å². The van der Waals surface area contributed by atoms with Gasteiger partial charge in [-0.25, -0.2) is 4.79 Å². The Morgan fingerprint density at radius 2 is 1.85 bits per heavy atom. The zero-order valence-electron chi connectivity index (χ0n) is 16.5. The highest BCUT2D eigenvalue weighted by Crippen LogP contribution is 2.25. The van der Waals surface area contributed by atoms with Crippen molar-refractivity contribution in [1.82, 2.24) is 10.2 Å². The first kappa shape index (κ1) is 19.2. The van der Waals surface area contributed by atoms with Gasteiger partial charge < -0.3 is 15.0 Å². The first-order chi connectivity index (χ1) is 12.7. The minimum Gasteiger partial charge on any atom is -0.444 e. The van der Waals surface area contributed by atoms with E-state index in [4.69, 9.17) is 4.74 Å². The summed E-state index contributed by atoms with van der Waals surface area (Å²) in [6.45, 7) is 8.49. The van der Waals surface area contributed by atoms with Crippen molar-refractivity contribution in [1.29, 1.82) is 0 Å². The second kappa shape index (κ2) is 7.59. The number of carbonyl (C=O) groups is 2. The fraction of sp³-hybridized carbons (Fsp3) is 0.455. The lowest BCUT2D eigenvalue weighted by molar-refractivity contribution is -0.125. The number of rotatable bonds is 3. The van der Waals surface area contributed by atoms with Gasteiger partial charge in [-0.3, -0.25) is 4.79 Å². The summed E-state index contributed by atoms with van der Waals surface area (Å²) in [6, 6.07) is 14.2. The quantitative estimate of drug-likeness (QED) is 0.880. The molecule has 2 amide bonds. The predicted octanol–water partition coefficient (Wildman–Crippen LogP) is 4.27. The van der Waals surface area contributed by atoms with Crippen molar-refractivity contribution in [2.45, 2.75) is 45.8 Å². The maximum absolute atomic E-state index is 12.7. The van der Waals surface area contributed by atoms with E-state index in [1.807, 2.05) is 45.9 Å². The van der Waals surface area contributed by atoms with Gasteiger partial charge in [0.1, 0.15) is 5.60 Å². The number of benzene rings is 2. The Hall–Kier alpha value is -2.56. The molecular weight excluding hydrogens is 340 g/mol. The molecule has 1 fully saturated rings. The number of likely N-dealkylation sites (tertiary alicyclic amines) is 1. The van der Waals surface area contributed by atoms with E-state index in [0.29, 0.717) is 19.5 Å². The number of nitrogens with zero attached hydrogens (tertiary/aromatic N) is 1. The smallest absolute Gasteiger partial charge is 0.410 e. The molecule has 3 rings (SSSR count). The van der Waals surface area contributed by atoms with Crippen LogP contribution in [-0.2, 0) is 9.53 Å². The van der Waals surface area contributed by atoms with Gasteiger partial charge in [0.15, 0.2) is 0 Å². The van der Waals surface area contributed by atoms with Crippen LogP contribution >= 0.6 is 0 Å². The number of amides is 2. The fourth-order valence-corrected chi connectivity index (χ4v) is 3.50. The molecule has 0 saturated carbocycles. The minimum atomic E-state index is -0.527. The summed E-state index contributed by atoms with van der Waals surface area (Å²) < 4.78 is 5.40. The van der Waals surface area contributed by atoms with E-state index in [-0.39, 0.29) is 24.0 Å². The van der Waals surface area contributed by atoms with Gasteiger partial charge in [-0.2, -0.15) is 0 Å². The average Bonchev–Trinajstić information content (AvgIpc) is 3.10. The van der Waals surface area contributed by atoms with E-state index in [1.165, 1.54) is 0 Å². The average molecular weight is 368 g/mol. The monoisotopic (exact) mass is 368 g/mol. The first-order valence-corrected chi connectivity index (χ1v) is 9.50. The molecule has 1 heterocycles. The fourth-order valence-electron chi connectivity index (χ4n) is 3.50. The van der Waals surface area contributed by atoms with Crippen LogP contribution in [0, 0.1) is 5.92 Å². The van der Waals surface area contributed by atoms with Crippen molar-refractivity contribution in [2.75, 3.05) is 13.1 Å². The number of ether oxygens (including phenoxy) is 1. The second-order valence-electron chi connectivity index (χ2n) is 8.21. The summed E-state index contributed by atoms with van der Waals surface area (Å²) in [4.78, 5) is 26.5. The molecule has 0 spiro atoms. The Labute approximate surface area is 160 Å². The molecule has 5 nitrogen and oxygen atoms in total. The van der Waals surface area contributed by atoms with Gasteiger partial charge in [-0.1, -0.05) is 42.5 Å². The molecular formula is C22H28N2O3. The molecule has 1 N–H and O–H groups in total. The molecule has 1 aliphatic rings. The number of carbonyl (C=O) groups excluding carboxylic acids is 2. The third kappa shape index (κ3) is 4.59. The molecule has 2 unspecified atom stereocenters. The van der Waals surface area contributed by atoms with Crippen molar-refractivity contribution in [2.24, 2.45) is 5.92 Å². The summed E-state index contributed by atoms with van der Waals surface area (Å²) in [5.41, 5.74) is 0.573. The third-order valence-corrected chi connectivity index (χ3v) is 4.86. The highest BCUT2D eigenvalue weighted by atomic mass is 16.6. The molecule has 1 saturated heterocycles. The zero-order valence-corrected chi connectivity index (χ0v) is 16.5. The lowest BCUT2D eigenvalue weighted by Gasteiger charge is -2.24. The SMILES string of the molecule is CC(NC(=O)C1CCN(C(=O)OC(C)(C)C)C1)c1cccc2ccccc12. The third-order valence-electron chi connectivity index (χ3n) is 4.86. The van der Waals surface area contributed by atoms with Crippen molar-refractivity contribution in [3.63, 3.8) is 0 Å². The normalized spacial score (nSPS) is 18.4. The Bertz CT molecular complexity index is 836. The number of hydrogen-bond acceptors (Lipinski definition) is 3. The first-order valence-electron chi connectivity index (χ1n) is 9.50. The maximum Gasteiger partial charge on any atom is 0.410 e. The van der Waals surface area contributed by atoms with Crippen LogP contribution < -0.4 is 5.32 Å². The molecule has 0 aromatic heterocycles. The minimum absolute atomic E-state index is 0.0125. The molecule has 2 aromatic carbocycles. The number of fused-ring (bicyclic) bond motifs is 1. The van der Waals surface area contributed by atoms with Crippen molar-refractivity contribution >= 4 is 22.8 Å². The Morgan fingerprint density at radius 1 is 1.15 bits per heavy atom. The van der Waals surface area contributed by atoms with Gasteiger partial charge in [0, 0.05) is 13.1 Å². The highest BCUT2D eigenvalue weighted by molar-refractivity contribution is 5.87. The molecule has 0 aliphatic carbocycles. The van der Waals surface area contributed by atoms with Gasteiger partial charge in [-0.15, -0.1) is 0 Å². The predicted molar refractivity (Wildman–Crippen MR) is 106 cm³/mol. The molecule has 0 radical (unpaired) electrons. The summed E-state index contributed by atoms with van der Waals surface area (Å²) in [6.07, 6.45) is 0.313. The summed E-state index contributed by atoms with van der Waals surface area (Å²) >= 11 is 0. The Morgan fingerprint density at radius 3 is 2.59 bits per heavy atom. The van der Waals surface area contributed by atoms with Gasteiger partial charge in [0.2, 0.25) is 5.91 Å². The lowest BCUT2D eigenvalue weighted by atomic mass is 9.99. The Balaban J connectivity index is 1.63. The van der Waals surface area contributed by atoms with Crippen LogP contribution in [-0.4, -0.2) is 35.6 Å². The summed E-state index contributed by atoms with van der Waals surface area (Å²) in [5.74, 6) is -0.212. The largest absolute Gasteiger partial charge is 0.444 e. The molecule has 2 aromatic rings. The molecule has 144 valence electrons. The van der Waals surface area contributed by atoms with E-state index < -0.39 is 5.60 Å². The highest BCUT2D eigenvalue weighted by Gasteiger charge is 2.33. The van der Waals surface area contributed by atoms with E-state index >= 15 is 0 Å². The van der Waals surface area contributed by atoms with Crippen LogP contribution in [0.25, 0.3) is 10.8 Å². The van der Waals surface area contributed by atoms with Crippen molar-refractivity contribution in [3.05, 3.63) is 48.0 Å². The zero-order chi connectivity index (χ0) is 19.6. The van der Waals surface area contributed by atoms with Crippen LogP contribution in [0.2, 0.25) is 0 Å². The topological polar surface area (TPSA) is 58.6 Å². The van der Waals surface area contributed by atoms with Crippen LogP contribution in [0.1, 0.15) is 45.7 Å². The van der Waals surface area contributed by atoms with Crippen LogP contribution in [0.15, 0.2) is 42.5 Å². The second-order valence-corrected chi connectivity index (χ2v) is 8.21. The van der Waals surface area contributed by atoms with Crippen LogP contribution in [0.3, 0.4) is 0 Å². The van der Waals surface area contributed by atoms with E-state index in [9.17, 15) is 9.59 Å². The van der Waals surface area contributed by atoms with E-state index in [0.717, 1.165) is 16.3 Å². The van der Waals surface area contributed by atoms with Gasteiger partial charge in [-0.05, 0) is 50.5 Å². The van der Waals surface area contributed by atoms with Crippen molar-refractivity contribution in [3.8, 4) is 0 Å². The molecule has 5 heteroatoms. The molecule has 0 bridgehead atoms. The number of hydrogen-bond donors (Lipinski definition) is 1. The van der Waals surface area contributed by atoms with Gasteiger partial charge in [0.05, 0.1) is 12.0 Å². The van der Waals surface area contributed by atoms with E-state index in [2.05, 4.69) is 29.6 Å². The van der Waals surface area contributed by atoms with Crippen molar-refractivity contribution < 1.29 is 14.3 Å². The summed E-state index contributed by atoms with van der Waals surface area (Å²) in [7, 11) is 0. The lowest BCUT2D eigenvalue weighted by Crippen LogP contribution is -2.38. The van der Waals surface area contributed by atoms with Gasteiger partial charge in [0.25, 0.3) is 0 Å². The standard InChI is InChI=1S/C22H28N2O3/c1-15(18-11-7-9-16-8-5-6-10-19(16)18)23-20(25)17-12-13-24(14-17)21(26)27-22(2,3)4/h5-11,15,17H,12-14H2,1-4H3,(H,23,25). The van der Waals surface area contributed by atoms with E-state index in [1.54, 1.807) is 4.90 Å². The number of nitrogens with one attached hydrogen (secondary N) is 1. The summed E-state index contributed by atoms with van der Waals surface area (Å²) in [5, 5.41) is 5.43. The molecule has 2 atom stereocenters. The Kier molecular flexibility index (Phi) is 5.40.